The first-order valence-corrected chi connectivity index (χ1v) is 8.70. The molecule has 0 aliphatic heterocycles. The minimum absolute atomic E-state index is 0.196. The molecule has 0 atom stereocenters. The first kappa shape index (κ1) is 17.7. The van der Waals surface area contributed by atoms with Crippen LogP contribution >= 0.6 is 0 Å². The molecule has 0 unspecified atom stereocenters. The Balaban J connectivity index is 1.94. The van der Waals surface area contributed by atoms with E-state index < -0.39 is 0 Å². The van der Waals surface area contributed by atoms with Crippen LogP contribution in [0.1, 0.15) is 40.9 Å². The summed E-state index contributed by atoms with van der Waals surface area (Å²) in [6.45, 7) is 2.73. The molecule has 3 aromatic rings. The Bertz CT molecular complexity index is 918. The number of anilines is 1. The molecule has 2 aromatic heterocycles. The lowest BCUT2D eigenvalue weighted by atomic mass is 10.3. The van der Waals surface area contributed by atoms with E-state index in [9.17, 15) is 9.59 Å². The standard InChI is InChI=1S/C20H22N4O2/c1-3-4-13-23(2)20(26)18-22-17(16-12-8-9-14-24(16)18)19(25)21-15-10-6-5-7-11-15/h5-12,14H,3-4,13H2,1-2H3,(H,21,25). The number of carbonyl (C=O) groups excluding carboxylic acids is 2. The lowest BCUT2D eigenvalue weighted by molar-refractivity contribution is 0.0780. The van der Waals surface area contributed by atoms with Crippen LogP contribution in [0.5, 0.6) is 0 Å². The number of rotatable bonds is 6. The summed E-state index contributed by atoms with van der Waals surface area (Å²) in [7, 11) is 1.76. The van der Waals surface area contributed by atoms with Gasteiger partial charge in [0.15, 0.2) is 5.69 Å². The van der Waals surface area contributed by atoms with Crippen LogP contribution in [0.4, 0.5) is 5.69 Å². The molecule has 0 fully saturated rings. The fraction of sp³-hybridized carbons (Fsp3) is 0.250. The molecule has 2 amide bonds. The number of benzene rings is 1. The summed E-state index contributed by atoms with van der Waals surface area (Å²) >= 11 is 0. The Kier molecular flexibility index (Phi) is 5.31. The fourth-order valence-corrected chi connectivity index (χ4v) is 2.74. The summed E-state index contributed by atoms with van der Waals surface area (Å²) < 4.78 is 1.67. The van der Waals surface area contributed by atoms with E-state index in [4.69, 9.17) is 0 Å². The number of imidazole rings is 1. The van der Waals surface area contributed by atoms with E-state index in [0.29, 0.717) is 17.7 Å². The Hall–Kier alpha value is -3.15. The van der Waals surface area contributed by atoms with Crippen molar-refractivity contribution in [2.45, 2.75) is 19.8 Å². The van der Waals surface area contributed by atoms with E-state index in [1.165, 1.54) is 0 Å². The number of nitrogens with one attached hydrogen (secondary N) is 1. The lowest BCUT2D eigenvalue weighted by Gasteiger charge is -2.15. The largest absolute Gasteiger partial charge is 0.339 e. The summed E-state index contributed by atoms with van der Waals surface area (Å²) in [6, 6.07) is 14.6. The second-order valence-electron chi connectivity index (χ2n) is 6.14. The van der Waals surface area contributed by atoms with Gasteiger partial charge >= 0.3 is 0 Å². The Morgan fingerprint density at radius 3 is 2.58 bits per heavy atom. The van der Waals surface area contributed by atoms with Crippen LogP contribution in [0.3, 0.4) is 0 Å². The van der Waals surface area contributed by atoms with Crippen LogP contribution in [0.15, 0.2) is 54.7 Å². The van der Waals surface area contributed by atoms with Crippen LogP contribution in [0.2, 0.25) is 0 Å². The van der Waals surface area contributed by atoms with Crippen LogP contribution in [0, 0.1) is 0 Å². The molecule has 0 radical (unpaired) electrons. The van der Waals surface area contributed by atoms with Gasteiger partial charge in [0.2, 0.25) is 5.82 Å². The molecule has 6 heteroatoms. The molecular formula is C20H22N4O2. The number of para-hydroxylation sites is 1. The van der Waals surface area contributed by atoms with Gasteiger partial charge in [0.25, 0.3) is 11.8 Å². The van der Waals surface area contributed by atoms with Gasteiger partial charge in [-0.15, -0.1) is 0 Å². The van der Waals surface area contributed by atoms with Crippen molar-refractivity contribution in [2.24, 2.45) is 0 Å². The number of hydrogen-bond acceptors (Lipinski definition) is 3. The number of nitrogens with zero attached hydrogens (tertiary/aromatic N) is 3. The summed E-state index contributed by atoms with van der Waals surface area (Å²) in [4.78, 5) is 31.5. The van der Waals surface area contributed by atoms with Crippen molar-refractivity contribution in [2.75, 3.05) is 18.9 Å². The third-order valence-corrected chi connectivity index (χ3v) is 4.18. The second kappa shape index (κ2) is 7.82. The van der Waals surface area contributed by atoms with Gasteiger partial charge in [0, 0.05) is 25.5 Å². The van der Waals surface area contributed by atoms with Gasteiger partial charge < -0.3 is 10.2 Å². The van der Waals surface area contributed by atoms with Crippen molar-refractivity contribution >= 4 is 23.0 Å². The third kappa shape index (κ3) is 3.59. The predicted molar refractivity (Wildman–Crippen MR) is 101 cm³/mol. The maximum Gasteiger partial charge on any atom is 0.289 e. The Morgan fingerprint density at radius 2 is 1.85 bits per heavy atom. The monoisotopic (exact) mass is 350 g/mol. The quantitative estimate of drug-likeness (QED) is 0.740. The molecular weight excluding hydrogens is 328 g/mol. The number of unbranched alkanes of at least 4 members (excludes halogenated alkanes) is 1. The molecule has 26 heavy (non-hydrogen) atoms. The van der Waals surface area contributed by atoms with E-state index >= 15 is 0 Å². The molecule has 0 aliphatic carbocycles. The van der Waals surface area contributed by atoms with Gasteiger partial charge in [-0.05, 0) is 30.7 Å². The highest BCUT2D eigenvalue weighted by molar-refractivity contribution is 6.08. The van der Waals surface area contributed by atoms with Gasteiger partial charge in [-0.1, -0.05) is 37.6 Å². The number of hydrogen-bond donors (Lipinski definition) is 1. The van der Waals surface area contributed by atoms with Crippen molar-refractivity contribution in [1.82, 2.24) is 14.3 Å². The number of aromatic nitrogens is 2. The van der Waals surface area contributed by atoms with E-state index in [2.05, 4.69) is 17.2 Å². The topological polar surface area (TPSA) is 66.7 Å². The van der Waals surface area contributed by atoms with Crippen LogP contribution < -0.4 is 5.32 Å². The zero-order valence-electron chi connectivity index (χ0n) is 15.0. The predicted octanol–water partition coefficient (Wildman–Crippen LogP) is 3.46. The van der Waals surface area contributed by atoms with E-state index in [-0.39, 0.29) is 23.3 Å². The third-order valence-electron chi connectivity index (χ3n) is 4.18. The number of fused-ring (bicyclic) bond motifs is 1. The highest BCUT2D eigenvalue weighted by atomic mass is 16.2. The molecule has 2 heterocycles. The van der Waals surface area contributed by atoms with Crippen molar-refractivity contribution in [3.8, 4) is 0 Å². The first-order chi connectivity index (χ1) is 12.6. The van der Waals surface area contributed by atoms with Crippen molar-refractivity contribution in [3.63, 3.8) is 0 Å². The van der Waals surface area contributed by atoms with Crippen LogP contribution in [0.25, 0.3) is 5.52 Å². The van der Waals surface area contributed by atoms with Crippen LogP contribution in [-0.2, 0) is 0 Å². The van der Waals surface area contributed by atoms with Gasteiger partial charge in [-0.25, -0.2) is 4.98 Å². The minimum Gasteiger partial charge on any atom is -0.339 e. The van der Waals surface area contributed by atoms with Gasteiger partial charge in [-0.2, -0.15) is 0 Å². The first-order valence-electron chi connectivity index (χ1n) is 8.70. The molecule has 1 aromatic carbocycles. The summed E-state index contributed by atoms with van der Waals surface area (Å²) in [5, 5.41) is 2.83. The molecule has 0 saturated heterocycles. The molecule has 0 spiro atoms. The molecule has 6 nitrogen and oxygen atoms in total. The van der Waals surface area contributed by atoms with E-state index in [0.717, 1.165) is 12.8 Å². The summed E-state index contributed by atoms with van der Waals surface area (Å²) in [6.07, 6.45) is 3.68. The summed E-state index contributed by atoms with van der Waals surface area (Å²) in [5.74, 6) is -0.286. The smallest absolute Gasteiger partial charge is 0.289 e. The molecule has 0 bridgehead atoms. The Labute approximate surface area is 152 Å². The maximum atomic E-state index is 12.8. The zero-order valence-corrected chi connectivity index (χ0v) is 15.0. The molecule has 1 N–H and O–H groups in total. The lowest BCUT2D eigenvalue weighted by Crippen LogP contribution is -2.29. The van der Waals surface area contributed by atoms with Crippen molar-refractivity contribution in [1.29, 1.82) is 0 Å². The van der Waals surface area contributed by atoms with Gasteiger partial charge in [-0.3, -0.25) is 14.0 Å². The Morgan fingerprint density at radius 1 is 1.12 bits per heavy atom. The van der Waals surface area contributed by atoms with Crippen LogP contribution in [-0.4, -0.2) is 39.7 Å². The second-order valence-corrected chi connectivity index (χ2v) is 6.14. The molecule has 3 rings (SSSR count). The van der Waals surface area contributed by atoms with E-state index in [1.807, 2.05) is 30.3 Å². The molecule has 0 saturated carbocycles. The summed E-state index contributed by atoms with van der Waals surface area (Å²) in [5.41, 5.74) is 1.53. The molecule has 134 valence electrons. The average Bonchev–Trinajstić information content (AvgIpc) is 3.06. The average molecular weight is 350 g/mol. The zero-order chi connectivity index (χ0) is 18.5. The normalized spacial score (nSPS) is 10.7. The minimum atomic E-state index is -0.338. The van der Waals surface area contributed by atoms with E-state index in [1.54, 1.807) is 40.7 Å². The highest BCUT2D eigenvalue weighted by Gasteiger charge is 2.23. The number of amides is 2. The SMILES string of the molecule is CCCCN(C)C(=O)c1nc(C(=O)Nc2ccccc2)c2ccccn12. The number of pyridine rings is 1. The van der Waals surface area contributed by atoms with Crippen molar-refractivity contribution < 1.29 is 9.59 Å². The maximum absolute atomic E-state index is 12.8. The van der Waals surface area contributed by atoms with Crippen molar-refractivity contribution in [3.05, 3.63) is 66.2 Å². The fourth-order valence-electron chi connectivity index (χ4n) is 2.74. The van der Waals surface area contributed by atoms with Gasteiger partial charge in [0.05, 0.1) is 5.52 Å². The molecule has 0 aliphatic rings. The number of carbonyl (C=O) groups is 2. The highest BCUT2D eigenvalue weighted by Crippen LogP contribution is 2.17. The van der Waals surface area contributed by atoms with Gasteiger partial charge in [0.1, 0.15) is 0 Å².